The van der Waals surface area contributed by atoms with Crippen molar-refractivity contribution in [3.63, 3.8) is 0 Å². The summed E-state index contributed by atoms with van der Waals surface area (Å²) in [6, 6.07) is 0. The predicted octanol–water partition coefficient (Wildman–Crippen LogP) is 5.30. The third-order valence-corrected chi connectivity index (χ3v) is 4.19. The van der Waals surface area contributed by atoms with Gasteiger partial charge < -0.3 is 0 Å². The highest BCUT2D eigenvalue weighted by Gasteiger charge is 2.33. The van der Waals surface area contributed by atoms with E-state index in [1.807, 2.05) is 0 Å². The number of rotatable bonds is 6. The summed E-state index contributed by atoms with van der Waals surface area (Å²) in [4.78, 5) is 0. The smallest absolute Gasteiger partial charge is 0.0172 e. The van der Waals surface area contributed by atoms with Crippen molar-refractivity contribution in [2.24, 2.45) is 22.7 Å². The van der Waals surface area contributed by atoms with Crippen LogP contribution in [0.5, 0.6) is 0 Å². The van der Waals surface area contributed by atoms with Gasteiger partial charge in [0.25, 0.3) is 0 Å². The van der Waals surface area contributed by atoms with Crippen molar-refractivity contribution in [2.45, 2.75) is 61.3 Å². The van der Waals surface area contributed by atoms with Crippen LogP contribution in [-0.2, 0) is 0 Å². The number of allylic oxidation sites excluding steroid dienone is 1. The number of hydrogen-bond acceptors (Lipinski definition) is 0. The van der Waals surface area contributed by atoms with Crippen molar-refractivity contribution in [2.75, 3.05) is 0 Å². The lowest BCUT2D eigenvalue weighted by Gasteiger charge is -2.40. The summed E-state index contributed by atoms with van der Waals surface area (Å²) < 4.78 is 0. The molecule has 0 heteroatoms. The molecule has 0 aromatic heterocycles. The lowest BCUT2D eigenvalue weighted by molar-refractivity contribution is 0.112. The van der Waals surface area contributed by atoms with Gasteiger partial charge in [0.1, 0.15) is 0 Å². The molecule has 0 aliphatic rings. The summed E-state index contributed by atoms with van der Waals surface area (Å²) in [7, 11) is 0. The van der Waals surface area contributed by atoms with E-state index in [9.17, 15) is 0 Å². The Kier molecular flexibility index (Phi) is 5.09. The van der Waals surface area contributed by atoms with E-state index in [0.717, 1.165) is 11.8 Å². The fraction of sp³-hybridized carbons (Fsp3) is 0.867. The van der Waals surface area contributed by atoms with Crippen LogP contribution in [0.2, 0.25) is 0 Å². The predicted molar refractivity (Wildman–Crippen MR) is 71.0 cm³/mol. The van der Waals surface area contributed by atoms with E-state index in [1.165, 1.54) is 12.8 Å². The summed E-state index contributed by atoms with van der Waals surface area (Å²) in [6.07, 6.45) is 4.59. The van der Waals surface area contributed by atoms with Crippen molar-refractivity contribution in [3.05, 3.63) is 12.7 Å². The standard InChI is InChI=1S/C15H30/c1-9-12(3)13(4)15(7,8)11-14(5,6)10-2/h10,12-13H,2,9,11H2,1,3-8H3. The van der Waals surface area contributed by atoms with Gasteiger partial charge in [-0.3, -0.25) is 0 Å². The Morgan fingerprint density at radius 1 is 1.13 bits per heavy atom. The Morgan fingerprint density at radius 2 is 1.60 bits per heavy atom. The summed E-state index contributed by atoms with van der Waals surface area (Å²) >= 11 is 0. The molecular formula is C15H30. The first-order valence-electron chi connectivity index (χ1n) is 6.30. The fourth-order valence-corrected chi connectivity index (χ4v) is 2.53. The fourth-order valence-electron chi connectivity index (χ4n) is 2.53. The Morgan fingerprint density at radius 3 is 1.93 bits per heavy atom. The average Bonchev–Trinajstić information content (AvgIpc) is 2.14. The van der Waals surface area contributed by atoms with Crippen molar-refractivity contribution in [1.29, 1.82) is 0 Å². The van der Waals surface area contributed by atoms with E-state index in [0.29, 0.717) is 5.41 Å². The quantitative estimate of drug-likeness (QED) is 0.522. The van der Waals surface area contributed by atoms with E-state index < -0.39 is 0 Å². The van der Waals surface area contributed by atoms with Crippen LogP contribution in [0.1, 0.15) is 61.3 Å². The minimum atomic E-state index is 0.255. The summed E-state index contributed by atoms with van der Waals surface area (Å²) in [5, 5.41) is 0. The molecule has 0 N–H and O–H groups in total. The molecule has 0 saturated heterocycles. The van der Waals surface area contributed by atoms with Gasteiger partial charge in [-0.1, -0.05) is 61.0 Å². The maximum absolute atomic E-state index is 3.94. The van der Waals surface area contributed by atoms with Crippen LogP contribution < -0.4 is 0 Å². The zero-order chi connectivity index (χ0) is 12.3. The van der Waals surface area contributed by atoms with E-state index in [1.54, 1.807) is 0 Å². The third-order valence-electron chi connectivity index (χ3n) is 4.19. The largest absolute Gasteiger partial charge is 0.103 e. The molecule has 0 nitrogen and oxygen atoms in total. The summed E-state index contributed by atoms with van der Waals surface area (Å²) in [6.45, 7) is 20.4. The second kappa shape index (κ2) is 5.18. The van der Waals surface area contributed by atoms with Crippen molar-refractivity contribution in [3.8, 4) is 0 Å². The van der Waals surface area contributed by atoms with Gasteiger partial charge in [0.05, 0.1) is 0 Å². The first-order chi connectivity index (χ1) is 6.66. The molecule has 0 rings (SSSR count). The highest BCUT2D eigenvalue weighted by Crippen LogP contribution is 2.43. The minimum absolute atomic E-state index is 0.255. The lowest BCUT2D eigenvalue weighted by atomic mass is 9.65. The molecule has 0 bridgehead atoms. The van der Waals surface area contributed by atoms with Crippen molar-refractivity contribution in [1.82, 2.24) is 0 Å². The first-order valence-corrected chi connectivity index (χ1v) is 6.30. The lowest BCUT2D eigenvalue weighted by Crippen LogP contribution is -2.31. The topological polar surface area (TPSA) is 0 Å². The molecule has 0 fully saturated rings. The van der Waals surface area contributed by atoms with Gasteiger partial charge in [-0.2, -0.15) is 0 Å². The van der Waals surface area contributed by atoms with Crippen LogP contribution in [0.25, 0.3) is 0 Å². The van der Waals surface area contributed by atoms with Gasteiger partial charge >= 0.3 is 0 Å². The maximum atomic E-state index is 3.94. The molecule has 0 radical (unpaired) electrons. The van der Waals surface area contributed by atoms with Crippen molar-refractivity contribution < 1.29 is 0 Å². The SMILES string of the molecule is C=CC(C)(C)CC(C)(C)C(C)C(C)CC. The van der Waals surface area contributed by atoms with Crippen LogP contribution in [0.4, 0.5) is 0 Å². The van der Waals surface area contributed by atoms with E-state index in [4.69, 9.17) is 0 Å². The Labute approximate surface area is 97.2 Å². The van der Waals surface area contributed by atoms with Gasteiger partial charge in [-0.25, -0.2) is 0 Å². The van der Waals surface area contributed by atoms with Crippen LogP contribution in [-0.4, -0.2) is 0 Å². The molecule has 2 unspecified atom stereocenters. The molecule has 0 aliphatic carbocycles. The molecule has 0 aliphatic heterocycles. The highest BCUT2D eigenvalue weighted by molar-refractivity contribution is 4.93. The second-order valence-corrected chi connectivity index (χ2v) is 6.53. The minimum Gasteiger partial charge on any atom is -0.103 e. The summed E-state index contributed by atoms with van der Waals surface area (Å²) in [5.41, 5.74) is 0.651. The van der Waals surface area contributed by atoms with Crippen LogP contribution >= 0.6 is 0 Å². The van der Waals surface area contributed by atoms with E-state index in [2.05, 4.69) is 61.1 Å². The maximum Gasteiger partial charge on any atom is -0.0172 e. The molecule has 0 aromatic rings. The third kappa shape index (κ3) is 4.40. The molecule has 15 heavy (non-hydrogen) atoms. The average molecular weight is 210 g/mol. The summed E-state index contributed by atoms with van der Waals surface area (Å²) in [5.74, 6) is 1.57. The van der Waals surface area contributed by atoms with Crippen LogP contribution in [0, 0.1) is 22.7 Å². The van der Waals surface area contributed by atoms with Crippen LogP contribution in [0.15, 0.2) is 12.7 Å². The van der Waals surface area contributed by atoms with Gasteiger partial charge in [-0.15, -0.1) is 6.58 Å². The first kappa shape index (κ1) is 14.7. The second-order valence-electron chi connectivity index (χ2n) is 6.53. The zero-order valence-electron chi connectivity index (χ0n) is 11.9. The van der Waals surface area contributed by atoms with Crippen LogP contribution in [0.3, 0.4) is 0 Å². The molecule has 0 saturated carbocycles. The van der Waals surface area contributed by atoms with E-state index in [-0.39, 0.29) is 5.41 Å². The molecule has 0 spiro atoms. The van der Waals surface area contributed by atoms with Gasteiger partial charge in [0.15, 0.2) is 0 Å². The van der Waals surface area contributed by atoms with Gasteiger partial charge in [-0.05, 0) is 29.1 Å². The zero-order valence-corrected chi connectivity index (χ0v) is 11.9. The molecule has 0 aromatic carbocycles. The molecule has 0 heterocycles. The molecule has 0 amide bonds. The molecular weight excluding hydrogens is 180 g/mol. The Bertz CT molecular complexity index is 198. The van der Waals surface area contributed by atoms with Crippen molar-refractivity contribution >= 4 is 0 Å². The van der Waals surface area contributed by atoms with E-state index >= 15 is 0 Å². The number of hydrogen-bond donors (Lipinski definition) is 0. The molecule has 90 valence electrons. The van der Waals surface area contributed by atoms with Gasteiger partial charge in [0, 0.05) is 0 Å². The molecule has 2 atom stereocenters. The normalized spacial score (nSPS) is 17.3. The van der Waals surface area contributed by atoms with Gasteiger partial charge in [0.2, 0.25) is 0 Å². The highest BCUT2D eigenvalue weighted by atomic mass is 14.4. The monoisotopic (exact) mass is 210 g/mol. The Balaban J connectivity index is 4.60. The Hall–Kier alpha value is -0.260.